The number of anilines is 1. The Bertz CT molecular complexity index is 967. The van der Waals surface area contributed by atoms with Crippen molar-refractivity contribution in [2.45, 2.75) is 19.4 Å². The van der Waals surface area contributed by atoms with E-state index in [2.05, 4.69) is 22.0 Å². The molecule has 0 aliphatic rings. The Morgan fingerprint density at radius 2 is 2.10 bits per heavy atom. The van der Waals surface area contributed by atoms with Crippen LogP contribution >= 0.6 is 0 Å². The van der Waals surface area contributed by atoms with Gasteiger partial charge in [-0.1, -0.05) is 12.2 Å². The van der Waals surface area contributed by atoms with Gasteiger partial charge in [-0.2, -0.15) is 0 Å². The van der Waals surface area contributed by atoms with E-state index < -0.39 is 23.5 Å². The second kappa shape index (κ2) is 10.2. The number of amidine groups is 1. The summed E-state index contributed by atoms with van der Waals surface area (Å²) in [5, 5.41) is 0. The number of nitrogen functional groups attached to an aromatic ring is 1. The minimum Gasteiger partial charge on any atom is -0.383 e. The van der Waals surface area contributed by atoms with Gasteiger partial charge in [0.2, 0.25) is 0 Å². The minimum atomic E-state index is -0.618. The maximum Gasteiger partial charge on any atom is 0.146 e. The predicted octanol–water partition coefficient (Wildman–Crippen LogP) is 4.19. The summed E-state index contributed by atoms with van der Waals surface area (Å²) >= 11 is 0. The number of halogens is 3. The lowest BCUT2D eigenvalue weighted by atomic mass is 10.0. The van der Waals surface area contributed by atoms with E-state index in [-0.39, 0.29) is 28.3 Å². The van der Waals surface area contributed by atoms with Crippen LogP contribution in [0.1, 0.15) is 18.9 Å². The van der Waals surface area contributed by atoms with E-state index in [1.165, 1.54) is 24.4 Å². The van der Waals surface area contributed by atoms with Crippen molar-refractivity contribution in [2.24, 2.45) is 10.8 Å². The first-order valence-corrected chi connectivity index (χ1v) is 8.76. The molecule has 1 aromatic carbocycles. The van der Waals surface area contributed by atoms with E-state index in [1.807, 2.05) is 0 Å². The molecule has 29 heavy (non-hydrogen) atoms. The molecule has 0 spiro atoms. The summed E-state index contributed by atoms with van der Waals surface area (Å²) in [6.45, 7) is 5.20. The van der Waals surface area contributed by atoms with Crippen LogP contribution in [0.15, 0.2) is 72.2 Å². The molecule has 8 heteroatoms. The standard InChI is InChI=1S/C21H22F3N5/c1-3-4-5-6-15(22)9-13(2)28-21(29-26)18-10-14(12-27-20(18)25)17-11-16(23)7-8-19(17)24/h3,5-13H,1,4,26H2,2H3,(H2,25,27)(H,28,29)/b6-5-,15-9+. The Balaban J connectivity index is 2.40. The van der Waals surface area contributed by atoms with E-state index in [0.717, 1.165) is 18.2 Å². The Hall–Kier alpha value is -3.39. The topological polar surface area (TPSA) is 89.3 Å². The van der Waals surface area contributed by atoms with Crippen LogP contribution in [0.25, 0.3) is 11.1 Å². The summed E-state index contributed by atoms with van der Waals surface area (Å²) in [5.41, 5.74) is 8.88. The molecule has 0 aliphatic heterocycles. The predicted molar refractivity (Wildman–Crippen MR) is 110 cm³/mol. The highest BCUT2D eigenvalue weighted by Crippen LogP contribution is 2.26. The fraction of sp³-hybridized carbons (Fsp3) is 0.143. The molecule has 0 amide bonds. The lowest BCUT2D eigenvalue weighted by molar-refractivity contribution is 0.603. The summed E-state index contributed by atoms with van der Waals surface area (Å²) in [5.74, 6) is 4.07. The third-order valence-corrected chi connectivity index (χ3v) is 3.86. The highest BCUT2D eigenvalue weighted by atomic mass is 19.1. The first-order chi connectivity index (χ1) is 13.8. The second-order valence-corrected chi connectivity index (χ2v) is 6.12. The molecule has 0 saturated carbocycles. The van der Waals surface area contributed by atoms with Gasteiger partial charge in [0.05, 0.1) is 11.6 Å². The summed E-state index contributed by atoms with van der Waals surface area (Å²) in [6.07, 6.45) is 7.73. The van der Waals surface area contributed by atoms with Gasteiger partial charge in [0.1, 0.15) is 29.1 Å². The number of aromatic nitrogens is 1. The average Bonchev–Trinajstić information content (AvgIpc) is 2.69. The van der Waals surface area contributed by atoms with Crippen molar-refractivity contribution in [3.63, 3.8) is 0 Å². The van der Waals surface area contributed by atoms with Crippen LogP contribution in [0, 0.1) is 11.6 Å². The number of pyridine rings is 1. The van der Waals surface area contributed by atoms with Crippen molar-refractivity contribution in [3.8, 4) is 11.1 Å². The third kappa shape index (κ3) is 6.05. The largest absolute Gasteiger partial charge is 0.383 e. The first-order valence-electron chi connectivity index (χ1n) is 8.76. The number of hydrazine groups is 1. The lowest BCUT2D eigenvalue weighted by Crippen LogP contribution is -2.33. The molecule has 5 N–H and O–H groups in total. The van der Waals surface area contributed by atoms with E-state index in [0.29, 0.717) is 6.42 Å². The second-order valence-electron chi connectivity index (χ2n) is 6.12. The molecule has 0 bridgehead atoms. The Morgan fingerprint density at radius 1 is 1.34 bits per heavy atom. The van der Waals surface area contributed by atoms with E-state index >= 15 is 0 Å². The molecule has 2 rings (SSSR count). The molecule has 152 valence electrons. The van der Waals surface area contributed by atoms with Crippen LogP contribution < -0.4 is 17.0 Å². The van der Waals surface area contributed by atoms with Crippen LogP contribution in [0.5, 0.6) is 0 Å². The maximum atomic E-state index is 14.1. The van der Waals surface area contributed by atoms with Crippen LogP contribution in [0.4, 0.5) is 19.0 Å². The summed E-state index contributed by atoms with van der Waals surface area (Å²) in [6, 6.07) is 3.98. The van der Waals surface area contributed by atoms with Gasteiger partial charge in [0.25, 0.3) is 0 Å². The molecular formula is C21H22F3N5. The molecule has 0 saturated heterocycles. The number of nitrogens with zero attached hydrogens (tertiary/aromatic N) is 2. The van der Waals surface area contributed by atoms with Crippen molar-refractivity contribution in [3.05, 3.63) is 84.4 Å². The minimum absolute atomic E-state index is 0.0152. The Labute approximate surface area is 167 Å². The zero-order valence-electron chi connectivity index (χ0n) is 15.9. The molecule has 1 unspecified atom stereocenters. The molecule has 5 nitrogen and oxygen atoms in total. The van der Waals surface area contributed by atoms with Crippen LogP contribution in [0.2, 0.25) is 0 Å². The highest BCUT2D eigenvalue weighted by Gasteiger charge is 2.14. The number of benzene rings is 1. The van der Waals surface area contributed by atoms with Gasteiger partial charge in [-0.25, -0.2) is 24.0 Å². The number of nitrogens with one attached hydrogen (secondary N) is 1. The highest BCUT2D eigenvalue weighted by molar-refractivity contribution is 6.03. The zero-order chi connectivity index (χ0) is 21.4. The van der Waals surface area contributed by atoms with Gasteiger partial charge in [0, 0.05) is 17.3 Å². The summed E-state index contributed by atoms with van der Waals surface area (Å²) in [4.78, 5) is 8.31. The third-order valence-electron chi connectivity index (χ3n) is 3.86. The van der Waals surface area contributed by atoms with Gasteiger partial charge in [-0.3, -0.25) is 4.99 Å². The van der Waals surface area contributed by atoms with E-state index in [4.69, 9.17) is 11.6 Å². The smallest absolute Gasteiger partial charge is 0.146 e. The number of nitrogens with two attached hydrogens (primary N) is 2. The average molecular weight is 401 g/mol. The van der Waals surface area contributed by atoms with Crippen molar-refractivity contribution in [1.29, 1.82) is 0 Å². The fourth-order valence-electron chi connectivity index (χ4n) is 2.52. The fourth-order valence-corrected chi connectivity index (χ4v) is 2.52. The van der Waals surface area contributed by atoms with Crippen LogP contribution in [-0.4, -0.2) is 16.9 Å². The van der Waals surface area contributed by atoms with Gasteiger partial charge in [-0.15, -0.1) is 6.58 Å². The van der Waals surface area contributed by atoms with Gasteiger partial charge in [0.15, 0.2) is 0 Å². The molecule has 1 atom stereocenters. The van der Waals surface area contributed by atoms with E-state index in [1.54, 1.807) is 19.1 Å². The van der Waals surface area contributed by atoms with Crippen LogP contribution in [-0.2, 0) is 0 Å². The monoisotopic (exact) mass is 401 g/mol. The molecule has 0 radical (unpaired) electrons. The molecule has 0 aliphatic carbocycles. The molecule has 0 fully saturated rings. The van der Waals surface area contributed by atoms with Crippen LogP contribution in [0.3, 0.4) is 0 Å². The molecule has 1 aromatic heterocycles. The maximum absolute atomic E-state index is 14.1. The molecule has 1 heterocycles. The lowest BCUT2D eigenvalue weighted by Gasteiger charge is -2.12. The molecule has 2 aromatic rings. The van der Waals surface area contributed by atoms with Crippen molar-refractivity contribution >= 4 is 11.7 Å². The number of hydrogen-bond donors (Lipinski definition) is 3. The summed E-state index contributed by atoms with van der Waals surface area (Å²) < 4.78 is 41.5. The quantitative estimate of drug-likeness (QED) is 0.162. The molecular weight excluding hydrogens is 379 g/mol. The number of allylic oxidation sites excluding steroid dienone is 4. The SMILES string of the molecule is C=CC/C=C\C(F)=C/C(C)N=C(NN)c1cc(-c2cc(F)ccc2F)cnc1N. The van der Waals surface area contributed by atoms with Gasteiger partial charge >= 0.3 is 0 Å². The Kier molecular flexibility index (Phi) is 7.73. The first kappa shape index (κ1) is 21.9. The summed E-state index contributed by atoms with van der Waals surface area (Å²) in [7, 11) is 0. The van der Waals surface area contributed by atoms with Crippen molar-refractivity contribution in [1.82, 2.24) is 10.4 Å². The van der Waals surface area contributed by atoms with Gasteiger partial charge < -0.3 is 11.2 Å². The normalized spacial score (nSPS) is 13.6. The number of aliphatic imine (C=N–C) groups is 1. The van der Waals surface area contributed by atoms with Gasteiger partial charge in [-0.05, 0) is 49.8 Å². The Morgan fingerprint density at radius 3 is 2.79 bits per heavy atom. The van der Waals surface area contributed by atoms with E-state index in [9.17, 15) is 13.2 Å². The number of rotatable bonds is 7. The zero-order valence-corrected chi connectivity index (χ0v) is 15.9. The number of hydrogen-bond acceptors (Lipinski definition) is 4. The van der Waals surface area contributed by atoms with Crippen molar-refractivity contribution < 1.29 is 13.2 Å². The van der Waals surface area contributed by atoms with Crippen molar-refractivity contribution in [2.75, 3.05) is 5.73 Å².